The van der Waals surface area contributed by atoms with Crippen LogP contribution in [0.2, 0.25) is 0 Å². The molecule has 0 aliphatic carbocycles. The van der Waals surface area contributed by atoms with Gasteiger partial charge in [-0.25, -0.2) is 9.97 Å². The molecule has 1 atom stereocenters. The van der Waals surface area contributed by atoms with Gasteiger partial charge in [0.2, 0.25) is 0 Å². The smallest absolute Gasteiger partial charge is 0.308 e. The van der Waals surface area contributed by atoms with Crippen molar-refractivity contribution in [3.05, 3.63) is 65.7 Å². The van der Waals surface area contributed by atoms with Gasteiger partial charge in [0.25, 0.3) is 0 Å². The Hall–Kier alpha value is -3.85. The van der Waals surface area contributed by atoms with Crippen LogP contribution in [0.15, 0.2) is 48.9 Å². The van der Waals surface area contributed by atoms with E-state index in [0.717, 1.165) is 35.5 Å². The molecule has 182 valence electrons. The number of hydrogen-bond donors (Lipinski definition) is 1. The third-order valence-corrected chi connectivity index (χ3v) is 6.04. The Morgan fingerprint density at radius 3 is 2.60 bits per heavy atom. The molecule has 0 radical (unpaired) electrons. The quantitative estimate of drug-likeness (QED) is 0.387. The monoisotopic (exact) mass is 475 g/mol. The van der Waals surface area contributed by atoms with Crippen molar-refractivity contribution in [3.8, 4) is 11.3 Å². The number of esters is 1. The molecule has 1 fully saturated rings. The number of ether oxygens (including phenoxy) is 2. The predicted molar refractivity (Wildman–Crippen MR) is 132 cm³/mol. The Morgan fingerprint density at radius 1 is 1.14 bits per heavy atom. The summed E-state index contributed by atoms with van der Waals surface area (Å²) in [6.07, 6.45) is 5.68. The number of morpholine rings is 1. The van der Waals surface area contributed by atoms with E-state index < -0.39 is 0 Å². The van der Waals surface area contributed by atoms with E-state index in [1.54, 1.807) is 18.6 Å². The van der Waals surface area contributed by atoms with E-state index in [4.69, 9.17) is 15.2 Å². The molecule has 1 aromatic carbocycles. The lowest BCUT2D eigenvalue weighted by Gasteiger charge is -2.30. The van der Waals surface area contributed by atoms with Gasteiger partial charge in [-0.05, 0) is 18.1 Å². The van der Waals surface area contributed by atoms with Crippen molar-refractivity contribution in [2.45, 2.75) is 19.8 Å². The maximum absolute atomic E-state index is 13.2. The van der Waals surface area contributed by atoms with Crippen molar-refractivity contribution in [2.24, 2.45) is 5.92 Å². The molecule has 1 unspecified atom stereocenters. The van der Waals surface area contributed by atoms with Gasteiger partial charge in [-0.1, -0.05) is 31.2 Å². The van der Waals surface area contributed by atoms with Crippen LogP contribution in [-0.4, -0.2) is 60.1 Å². The number of pyridine rings is 1. The van der Waals surface area contributed by atoms with Gasteiger partial charge in [0.15, 0.2) is 11.6 Å². The average Bonchev–Trinajstić information content (AvgIpc) is 2.89. The van der Waals surface area contributed by atoms with Gasteiger partial charge in [0, 0.05) is 48.7 Å². The highest BCUT2D eigenvalue weighted by molar-refractivity contribution is 6.00. The van der Waals surface area contributed by atoms with Crippen LogP contribution < -0.4 is 10.6 Å². The Morgan fingerprint density at radius 2 is 1.89 bits per heavy atom. The van der Waals surface area contributed by atoms with Crippen LogP contribution in [0.1, 0.15) is 28.5 Å². The third kappa shape index (κ3) is 5.81. The number of hydrogen-bond acceptors (Lipinski definition) is 9. The number of rotatable bonds is 8. The summed E-state index contributed by atoms with van der Waals surface area (Å²) in [6, 6.07) is 9.57. The first kappa shape index (κ1) is 24.3. The SMILES string of the molecule is COC(=O)C(C)Cc1ccc(-c2cnc(N)c(C(=O)Cc3cnccc3N3CCOCC3)n2)cc1. The van der Waals surface area contributed by atoms with Gasteiger partial charge in [-0.2, -0.15) is 0 Å². The fourth-order valence-electron chi connectivity index (χ4n) is 4.12. The number of nitrogens with two attached hydrogens (primary N) is 1. The third-order valence-electron chi connectivity index (χ3n) is 6.04. The van der Waals surface area contributed by atoms with E-state index in [0.29, 0.717) is 25.3 Å². The van der Waals surface area contributed by atoms with Crippen molar-refractivity contribution >= 4 is 23.3 Å². The highest BCUT2D eigenvalue weighted by Crippen LogP contribution is 2.24. The number of nitrogen functional groups attached to an aromatic ring is 1. The molecule has 0 saturated carbocycles. The number of aromatic nitrogens is 3. The van der Waals surface area contributed by atoms with Crippen LogP contribution in [0.25, 0.3) is 11.3 Å². The van der Waals surface area contributed by atoms with Gasteiger partial charge in [-0.3, -0.25) is 14.6 Å². The van der Waals surface area contributed by atoms with E-state index in [1.165, 1.54) is 7.11 Å². The molecule has 9 heteroatoms. The first-order chi connectivity index (χ1) is 17.0. The molecular formula is C26H29N5O4. The fraction of sp³-hybridized carbons (Fsp3) is 0.346. The fourth-order valence-corrected chi connectivity index (χ4v) is 4.12. The predicted octanol–water partition coefficient (Wildman–Crippen LogP) is 2.73. The van der Waals surface area contributed by atoms with Gasteiger partial charge >= 0.3 is 5.97 Å². The minimum Gasteiger partial charge on any atom is -0.469 e. The van der Waals surface area contributed by atoms with E-state index in [-0.39, 0.29) is 35.6 Å². The lowest BCUT2D eigenvalue weighted by Crippen LogP contribution is -2.37. The Balaban J connectivity index is 1.52. The van der Waals surface area contributed by atoms with Crippen molar-refractivity contribution in [1.29, 1.82) is 0 Å². The minimum absolute atomic E-state index is 0.0964. The Kier molecular flexibility index (Phi) is 7.67. The summed E-state index contributed by atoms with van der Waals surface area (Å²) in [4.78, 5) is 40.1. The van der Waals surface area contributed by atoms with E-state index in [9.17, 15) is 9.59 Å². The first-order valence-electron chi connectivity index (χ1n) is 11.5. The summed E-state index contributed by atoms with van der Waals surface area (Å²) in [5.74, 6) is -0.602. The van der Waals surface area contributed by atoms with E-state index in [1.807, 2.05) is 37.3 Å². The second-order valence-corrected chi connectivity index (χ2v) is 8.52. The summed E-state index contributed by atoms with van der Waals surface area (Å²) >= 11 is 0. The number of nitrogens with zero attached hydrogens (tertiary/aromatic N) is 4. The van der Waals surface area contributed by atoms with Crippen LogP contribution in [0.5, 0.6) is 0 Å². The van der Waals surface area contributed by atoms with Crippen LogP contribution in [-0.2, 0) is 27.1 Å². The van der Waals surface area contributed by atoms with Gasteiger partial charge in [0.1, 0.15) is 5.69 Å². The lowest BCUT2D eigenvalue weighted by atomic mass is 9.99. The van der Waals surface area contributed by atoms with Gasteiger partial charge < -0.3 is 20.1 Å². The average molecular weight is 476 g/mol. The molecule has 35 heavy (non-hydrogen) atoms. The molecule has 3 heterocycles. The molecule has 2 N–H and O–H groups in total. The summed E-state index contributed by atoms with van der Waals surface area (Å²) in [7, 11) is 1.39. The molecular weight excluding hydrogens is 446 g/mol. The van der Waals surface area contributed by atoms with Crippen molar-refractivity contribution in [3.63, 3.8) is 0 Å². The summed E-state index contributed by atoms with van der Waals surface area (Å²) in [5, 5.41) is 0. The normalized spacial score (nSPS) is 14.4. The number of carbonyl (C=O) groups excluding carboxylic acids is 2. The zero-order chi connectivity index (χ0) is 24.8. The molecule has 4 rings (SSSR count). The van der Waals surface area contributed by atoms with Crippen LogP contribution in [0.4, 0.5) is 11.5 Å². The zero-order valence-electron chi connectivity index (χ0n) is 19.9. The van der Waals surface area contributed by atoms with E-state index >= 15 is 0 Å². The number of benzene rings is 1. The number of carbonyl (C=O) groups is 2. The van der Waals surface area contributed by atoms with Gasteiger partial charge in [0.05, 0.1) is 38.1 Å². The summed E-state index contributed by atoms with van der Waals surface area (Å²) < 4.78 is 10.2. The van der Waals surface area contributed by atoms with Crippen molar-refractivity contribution < 1.29 is 19.1 Å². The van der Waals surface area contributed by atoms with Crippen LogP contribution >= 0.6 is 0 Å². The largest absolute Gasteiger partial charge is 0.469 e. The van der Waals surface area contributed by atoms with E-state index in [2.05, 4.69) is 19.9 Å². The summed E-state index contributed by atoms with van der Waals surface area (Å²) in [6.45, 7) is 4.65. The molecule has 1 saturated heterocycles. The Labute approximate surface area is 204 Å². The van der Waals surface area contributed by atoms with Crippen LogP contribution in [0.3, 0.4) is 0 Å². The second-order valence-electron chi connectivity index (χ2n) is 8.52. The zero-order valence-corrected chi connectivity index (χ0v) is 19.9. The Bertz CT molecular complexity index is 1190. The standard InChI is InChI=1S/C26H29N5O4/c1-17(26(33)34-2)13-18-3-5-19(6-4-18)21-16-29-25(27)24(30-21)23(32)14-20-15-28-8-7-22(20)31-9-11-35-12-10-31/h3-8,15-17H,9-14H2,1-2H3,(H2,27,29). The van der Waals surface area contributed by atoms with Gasteiger partial charge in [-0.15, -0.1) is 0 Å². The number of Topliss-reactive ketones (excluding diaryl/α,β-unsaturated/α-hetero) is 1. The number of anilines is 2. The summed E-state index contributed by atoms with van der Waals surface area (Å²) in [5.41, 5.74) is 10.3. The first-order valence-corrected chi connectivity index (χ1v) is 11.5. The molecule has 9 nitrogen and oxygen atoms in total. The minimum atomic E-state index is -0.243. The molecule has 3 aromatic rings. The molecule has 1 aliphatic heterocycles. The van der Waals surface area contributed by atoms with Crippen molar-refractivity contribution in [2.75, 3.05) is 44.0 Å². The molecule has 1 aliphatic rings. The highest BCUT2D eigenvalue weighted by atomic mass is 16.5. The number of ketones is 1. The van der Waals surface area contributed by atoms with Crippen molar-refractivity contribution in [1.82, 2.24) is 15.0 Å². The highest BCUT2D eigenvalue weighted by Gasteiger charge is 2.20. The van der Waals surface area contributed by atoms with Crippen LogP contribution in [0, 0.1) is 5.92 Å². The molecule has 0 spiro atoms. The number of methoxy groups -OCH3 is 1. The topological polar surface area (TPSA) is 121 Å². The maximum Gasteiger partial charge on any atom is 0.308 e. The molecule has 0 bridgehead atoms. The maximum atomic E-state index is 13.2. The molecule has 2 aromatic heterocycles. The lowest BCUT2D eigenvalue weighted by molar-refractivity contribution is -0.144. The second kappa shape index (κ2) is 11.1. The molecule has 0 amide bonds.